The van der Waals surface area contributed by atoms with Crippen LogP contribution in [0.25, 0.3) is 10.2 Å². The number of nitrogen functional groups attached to an aromatic ring is 2. The molecule has 7 heteroatoms. The van der Waals surface area contributed by atoms with Crippen molar-refractivity contribution in [3.63, 3.8) is 0 Å². The molecule has 5 N–H and O–H groups in total. The lowest BCUT2D eigenvalue weighted by Gasteiger charge is -2.12. The number of hydrogen-bond donors (Lipinski definition) is 3. The number of carbonyl (C=O) groups excluding carboxylic acids is 1. The molecule has 0 bridgehead atoms. The molecule has 6 nitrogen and oxygen atoms in total. The number of rotatable bonds is 3. The fraction of sp³-hybridized carbons (Fsp3) is 0.471. The first-order chi connectivity index (χ1) is 11.4. The van der Waals surface area contributed by atoms with E-state index in [9.17, 15) is 10.1 Å². The van der Waals surface area contributed by atoms with Crippen LogP contribution in [0.1, 0.15) is 66.2 Å². The lowest BCUT2D eigenvalue weighted by molar-refractivity contribution is 0.0943. The van der Waals surface area contributed by atoms with Crippen molar-refractivity contribution in [2.75, 3.05) is 11.5 Å². The number of nitrogens with one attached hydrogen (secondary N) is 1. The van der Waals surface area contributed by atoms with Crippen molar-refractivity contribution in [2.24, 2.45) is 0 Å². The van der Waals surface area contributed by atoms with Gasteiger partial charge in [-0.1, -0.05) is 26.7 Å². The molecule has 0 radical (unpaired) electrons. The average Bonchev–Trinajstić information content (AvgIpc) is 3.14. The van der Waals surface area contributed by atoms with Crippen LogP contribution in [0, 0.1) is 11.3 Å². The summed E-state index contributed by atoms with van der Waals surface area (Å²) in [5.74, 6) is 0.0852. The zero-order valence-corrected chi connectivity index (χ0v) is 14.7. The molecule has 1 saturated carbocycles. The summed E-state index contributed by atoms with van der Waals surface area (Å²) in [5.41, 5.74) is 13.7. The molecule has 2 aromatic heterocycles. The molecule has 126 valence electrons. The first kappa shape index (κ1) is 16.5. The minimum absolute atomic E-state index is 0.0510. The number of fused-ring (bicyclic) bond motifs is 1. The third kappa shape index (κ3) is 2.67. The minimum atomic E-state index is -0.158. The SMILES string of the molecule is CC(C)c1c(C#N)c(N)nc2sc(C(=O)NC3CCCC3)c(N)c12. The lowest BCUT2D eigenvalue weighted by atomic mass is 9.95. The van der Waals surface area contributed by atoms with E-state index in [1.54, 1.807) is 0 Å². The molecule has 0 aromatic carbocycles. The molecule has 2 aromatic rings. The van der Waals surface area contributed by atoms with Crippen molar-refractivity contribution >= 4 is 39.0 Å². The third-order valence-electron chi connectivity index (χ3n) is 4.53. The quantitative estimate of drug-likeness (QED) is 0.791. The van der Waals surface area contributed by atoms with Crippen LogP contribution >= 0.6 is 11.3 Å². The Bertz CT molecular complexity index is 843. The maximum Gasteiger partial charge on any atom is 0.263 e. The standard InChI is InChI=1S/C17H21N5OS/c1-8(2)11-10(7-18)15(20)22-17-12(11)13(19)14(24-17)16(23)21-9-5-3-4-6-9/h8-9H,3-6,19H2,1-2H3,(H2,20,22)(H,21,23). The molecule has 0 unspecified atom stereocenters. The predicted molar refractivity (Wildman–Crippen MR) is 97.0 cm³/mol. The second-order valence-electron chi connectivity index (χ2n) is 6.53. The number of aromatic nitrogens is 1. The summed E-state index contributed by atoms with van der Waals surface area (Å²) in [6.45, 7) is 3.95. The van der Waals surface area contributed by atoms with Crippen LogP contribution in [-0.4, -0.2) is 16.9 Å². The van der Waals surface area contributed by atoms with Crippen LogP contribution in [0.5, 0.6) is 0 Å². The maximum absolute atomic E-state index is 12.6. The monoisotopic (exact) mass is 343 g/mol. The highest BCUT2D eigenvalue weighted by atomic mass is 32.1. The van der Waals surface area contributed by atoms with Crippen molar-refractivity contribution < 1.29 is 4.79 Å². The first-order valence-electron chi connectivity index (χ1n) is 8.16. The number of anilines is 2. The van der Waals surface area contributed by atoms with Gasteiger partial charge in [0.25, 0.3) is 5.91 Å². The van der Waals surface area contributed by atoms with Gasteiger partial charge in [-0.25, -0.2) is 4.98 Å². The Morgan fingerprint density at radius 3 is 2.62 bits per heavy atom. The Labute approximate surface area is 144 Å². The first-order valence-corrected chi connectivity index (χ1v) is 8.98. The van der Waals surface area contributed by atoms with Crippen LogP contribution in [0.15, 0.2) is 0 Å². The second-order valence-corrected chi connectivity index (χ2v) is 7.53. The van der Waals surface area contributed by atoms with Crippen molar-refractivity contribution in [3.8, 4) is 6.07 Å². The van der Waals surface area contributed by atoms with Gasteiger partial charge in [0.15, 0.2) is 0 Å². The number of thiophene rings is 1. The van der Waals surface area contributed by atoms with E-state index in [0.717, 1.165) is 31.2 Å². The van der Waals surface area contributed by atoms with Gasteiger partial charge in [0, 0.05) is 11.4 Å². The molecule has 2 heterocycles. The summed E-state index contributed by atoms with van der Waals surface area (Å²) >= 11 is 1.24. The highest BCUT2D eigenvalue weighted by Crippen LogP contribution is 2.40. The van der Waals surface area contributed by atoms with Gasteiger partial charge in [0.2, 0.25) is 0 Å². The number of pyridine rings is 1. The fourth-order valence-corrected chi connectivity index (χ4v) is 4.41. The number of nitrogens with zero attached hydrogens (tertiary/aromatic N) is 2. The van der Waals surface area contributed by atoms with Crippen LogP contribution in [-0.2, 0) is 0 Å². The summed E-state index contributed by atoms with van der Waals surface area (Å²) in [6, 6.07) is 2.34. The van der Waals surface area contributed by atoms with Gasteiger partial charge in [0.1, 0.15) is 21.6 Å². The van der Waals surface area contributed by atoms with Crippen molar-refractivity contribution in [3.05, 3.63) is 16.0 Å². The molecular formula is C17H21N5OS. The number of nitriles is 1. The normalized spacial score (nSPS) is 15.1. The molecule has 0 aliphatic heterocycles. The molecule has 1 aliphatic rings. The van der Waals surface area contributed by atoms with Crippen LogP contribution in [0.3, 0.4) is 0 Å². The van der Waals surface area contributed by atoms with Gasteiger partial charge in [0.05, 0.1) is 11.3 Å². The van der Waals surface area contributed by atoms with E-state index >= 15 is 0 Å². The molecular weight excluding hydrogens is 322 g/mol. The molecule has 0 saturated heterocycles. The van der Waals surface area contributed by atoms with Crippen LogP contribution in [0.4, 0.5) is 11.5 Å². The number of amides is 1. The highest BCUT2D eigenvalue weighted by molar-refractivity contribution is 7.21. The lowest BCUT2D eigenvalue weighted by Crippen LogP contribution is -2.32. The number of carbonyl (C=O) groups is 1. The third-order valence-corrected chi connectivity index (χ3v) is 5.63. The zero-order chi connectivity index (χ0) is 17.4. The van der Waals surface area contributed by atoms with Crippen LogP contribution < -0.4 is 16.8 Å². The van der Waals surface area contributed by atoms with Crippen molar-refractivity contribution in [2.45, 2.75) is 51.5 Å². The molecule has 1 amide bonds. The van der Waals surface area contributed by atoms with E-state index in [4.69, 9.17) is 11.5 Å². The average molecular weight is 343 g/mol. The van der Waals surface area contributed by atoms with E-state index in [1.165, 1.54) is 11.3 Å². The van der Waals surface area contributed by atoms with Gasteiger partial charge in [-0.05, 0) is 24.3 Å². The highest BCUT2D eigenvalue weighted by Gasteiger charge is 2.26. The second kappa shape index (κ2) is 6.29. The van der Waals surface area contributed by atoms with E-state index in [-0.39, 0.29) is 23.7 Å². The Balaban J connectivity index is 2.11. The van der Waals surface area contributed by atoms with Crippen molar-refractivity contribution in [1.29, 1.82) is 5.26 Å². The maximum atomic E-state index is 12.6. The Morgan fingerprint density at radius 2 is 2.04 bits per heavy atom. The van der Waals surface area contributed by atoms with Crippen LogP contribution in [0.2, 0.25) is 0 Å². The van der Waals surface area contributed by atoms with Gasteiger partial charge in [-0.2, -0.15) is 5.26 Å². The number of nitrogens with two attached hydrogens (primary N) is 2. The van der Waals surface area contributed by atoms with E-state index < -0.39 is 0 Å². The molecule has 1 aliphatic carbocycles. The number of hydrogen-bond acceptors (Lipinski definition) is 6. The minimum Gasteiger partial charge on any atom is -0.397 e. The summed E-state index contributed by atoms with van der Waals surface area (Å²) in [4.78, 5) is 18.0. The van der Waals surface area contributed by atoms with Gasteiger partial charge in [-0.3, -0.25) is 4.79 Å². The van der Waals surface area contributed by atoms with Gasteiger partial charge in [-0.15, -0.1) is 11.3 Å². The Hall–Kier alpha value is -2.33. The van der Waals surface area contributed by atoms with E-state index in [2.05, 4.69) is 16.4 Å². The van der Waals surface area contributed by atoms with E-state index in [0.29, 0.717) is 26.3 Å². The van der Waals surface area contributed by atoms with Gasteiger partial charge >= 0.3 is 0 Å². The molecule has 24 heavy (non-hydrogen) atoms. The summed E-state index contributed by atoms with van der Waals surface area (Å²) in [7, 11) is 0. The van der Waals surface area contributed by atoms with Crippen molar-refractivity contribution in [1.82, 2.24) is 10.3 Å². The topological polar surface area (TPSA) is 118 Å². The Morgan fingerprint density at radius 1 is 1.38 bits per heavy atom. The summed E-state index contributed by atoms with van der Waals surface area (Å²) in [6.07, 6.45) is 4.32. The van der Waals surface area contributed by atoms with Gasteiger partial charge < -0.3 is 16.8 Å². The largest absolute Gasteiger partial charge is 0.397 e. The molecule has 3 rings (SSSR count). The smallest absolute Gasteiger partial charge is 0.263 e. The molecule has 1 fully saturated rings. The predicted octanol–water partition coefficient (Wildman–Crippen LogP) is 3.13. The Kier molecular flexibility index (Phi) is 4.33. The summed E-state index contributed by atoms with van der Waals surface area (Å²) in [5, 5.41) is 13.2. The fourth-order valence-electron chi connectivity index (χ4n) is 3.38. The van der Waals surface area contributed by atoms with E-state index in [1.807, 2.05) is 13.8 Å². The molecule has 0 atom stereocenters. The molecule has 0 spiro atoms. The zero-order valence-electron chi connectivity index (χ0n) is 13.8. The summed E-state index contributed by atoms with van der Waals surface area (Å²) < 4.78 is 0.